The molecule has 0 aliphatic carbocycles. The standard InChI is InChI=1S/C16H18N4/c1-12(2)9-13-3-5-14(6-4-13)15-10-19-16(20-11-15)18-8-7-17/h3-6,10-12H,8-9H2,1-2H3,(H,18,19,20). The van der Waals surface area contributed by atoms with E-state index >= 15 is 0 Å². The van der Waals surface area contributed by atoms with E-state index in [1.807, 2.05) is 6.07 Å². The first kappa shape index (κ1) is 14.0. The molecule has 102 valence electrons. The fourth-order valence-corrected chi connectivity index (χ4v) is 1.99. The molecule has 1 heterocycles. The van der Waals surface area contributed by atoms with E-state index in [0.717, 1.165) is 17.5 Å². The summed E-state index contributed by atoms with van der Waals surface area (Å²) in [6.45, 7) is 4.65. The third-order valence-corrected chi connectivity index (χ3v) is 2.91. The van der Waals surface area contributed by atoms with Crippen LogP contribution < -0.4 is 5.32 Å². The molecule has 0 unspecified atom stereocenters. The molecule has 1 aromatic carbocycles. The van der Waals surface area contributed by atoms with Gasteiger partial charge in [0.2, 0.25) is 5.95 Å². The summed E-state index contributed by atoms with van der Waals surface area (Å²) in [4.78, 5) is 8.38. The lowest BCUT2D eigenvalue weighted by Gasteiger charge is -2.07. The lowest BCUT2D eigenvalue weighted by atomic mass is 10.0. The summed E-state index contributed by atoms with van der Waals surface area (Å²) in [7, 11) is 0. The van der Waals surface area contributed by atoms with E-state index in [9.17, 15) is 0 Å². The molecule has 20 heavy (non-hydrogen) atoms. The summed E-state index contributed by atoms with van der Waals surface area (Å²) in [6, 6.07) is 10.5. The van der Waals surface area contributed by atoms with Crippen molar-refractivity contribution in [2.75, 3.05) is 11.9 Å². The molecule has 2 aromatic rings. The molecule has 0 amide bonds. The Labute approximate surface area is 119 Å². The average Bonchev–Trinajstić information content (AvgIpc) is 2.46. The molecular formula is C16H18N4. The Morgan fingerprint density at radius 3 is 2.30 bits per heavy atom. The summed E-state index contributed by atoms with van der Waals surface area (Å²) in [5, 5.41) is 11.3. The molecule has 2 rings (SSSR count). The minimum Gasteiger partial charge on any atom is -0.341 e. The van der Waals surface area contributed by atoms with Gasteiger partial charge in [0, 0.05) is 18.0 Å². The Morgan fingerprint density at radius 2 is 1.75 bits per heavy atom. The van der Waals surface area contributed by atoms with Crippen molar-refractivity contribution < 1.29 is 0 Å². The maximum atomic E-state index is 8.48. The van der Waals surface area contributed by atoms with E-state index in [1.54, 1.807) is 12.4 Å². The molecule has 0 spiro atoms. The lowest BCUT2D eigenvalue weighted by molar-refractivity contribution is 0.647. The highest BCUT2D eigenvalue weighted by atomic mass is 15.1. The summed E-state index contributed by atoms with van der Waals surface area (Å²) < 4.78 is 0. The molecular weight excluding hydrogens is 248 g/mol. The van der Waals surface area contributed by atoms with E-state index in [1.165, 1.54) is 5.56 Å². The van der Waals surface area contributed by atoms with Crippen LogP contribution in [0.1, 0.15) is 19.4 Å². The predicted octanol–water partition coefficient (Wildman–Crippen LogP) is 3.28. The highest BCUT2D eigenvalue weighted by Crippen LogP contribution is 2.19. The third-order valence-electron chi connectivity index (χ3n) is 2.91. The first-order valence-corrected chi connectivity index (χ1v) is 6.71. The van der Waals surface area contributed by atoms with Gasteiger partial charge in [-0.15, -0.1) is 0 Å². The normalized spacial score (nSPS) is 10.3. The van der Waals surface area contributed by atoms with Crippen LogP contribution in [0.15, 0.2) is 36.7 Å². The number of hydrogen-bond acceptors (Lipinski definition) is 4. The molecule has 0 saturated heterocycles. The Hall–Kier alpha value is -2.41. The number of aromatic nitrogens is 2. The zero-order chi connectivity index (χ0) is 14.4. The zero-order valence-electron chi connectivity index (χ0n) is 11.8. The van der Waals surface area contributed by atoms with Crippen LogP contribution in [-0.4, -0.2) is 16.5 Å². The van der Waals surface area contributed by atoms with Gasteiger partial charge in [-0.1, -0.05) is 38.1 Å². The second-order valence-corrected chi connectivity index (χ2v) is 5.10. The smallest absolute Gasteiger partial charge is 0.223 e. The van der Waals surface area contributed by atoms with Gasteiger partial charge in [-0.25, -0.2) is 9.97 Å². The van der Waals surface area contributed by atoms with Crippen LogP contribution in [0.3, 0.4) is 0 Å². The number of nitrogens with zero attached hydrogens (tertiary/aromatic N) is 3. The van der Waals surface area contributed by atoms with Gasteiger partial charge < -0.3 is 5.32 Å². The molecule has 0 aliphatic heterocycles. The number of rotatable bonds is 5. The SMILES string of the molecule is CC(C)Cc1ccc(-c2cnc(NCC#N)nc2)cc1. The first-order valence-electron chi connectivity index (χ1n) is 6.71. The molecule has 0 saturated carbocycles. The lowest BCUT2D eigenvalue weighted by Crippen LogP contribution is -2.02. The van der Waals surface area contributed by atoms with Crippen LogP contribution in [0.4, 0.5) is 5.95 Å². The van der Waals surface area contributed by atoms with Crippen LogP contribution in [0, 0.1) is 17.2 Å². The molecule has 4 heteroatoms. The molecule has 1 N–H and O–H groups in total. The number of nitriles is 1. The molecule has 0 aliphatic rings. The molecule has 0 atom stereocenters. The van der Waals surface area contributed by atoms with Crippen molar-refractivity contribution in [3.63, 3.8) is 0 Å². The van der Waals surface area contributed by atoms with Crippen molar-refractivity contribution in [1.82, 2.24) is 9.97 Å². The first-order chi connectivity index (χ1) is 9.69. The van der Waals surface area contributed by atoms with Crippen molar-refractivity contribution in [1.29, 1.82) is 5.26 Å². The molecule has 4 nitrogen and oxygen atoms in total. The summed E-state index contributed by atoms with van der Waals surface area (Å²) in [5.41, 5.74) is 3.42. The number of nitrogens with one attached hydrogen (secondary N) is 1. The van der Waals surface area contributed by atoms with Crippen molar-refractivity contribution in [3.8, 4) is 17.2 Å². The van der Waals surface area contributed by atoms with E-state index in [4.69, 9.17) is 5.26 Å². The minimum atomic E-state index is 0.212. The van der Waals surface area contributed by atoms with E-state index < -0.39 is 0 Å². The largest absolute Gasteiger partial charge is 0.341 e. The van der Waals surface area contributed by atoms with Crippen LogP contribution in [0.2, 0.25) is 0 Å². The quantitative estimate of drug-likeness (QED) is 0.844. The van der Waals surface area contributed by atoms with Crippen molar-refractivity contribution >= 4 is 5.95 Å². The Bertz CT molecular complexity index is 579. The van der Waals surface area contributed by atoms with Gasteiger partial charge in [-0.2, -0.15) is 5.26 Å². The van der Waals surface area contributed by atoms with E-state index in [-0.39, 0.29) is 6.54 Å². The molecule has 1 aromatic heterocycles. The Morgan fingerprint density at radius 1 is 1.10 bits per heavy atom. The molecule has 0 fully saturated rings. The number of benzene rings is 1. The predicted molar refractivity (Wildman–Crippen MR) is 80.1 cm³/mol. The highest BCUT2D eigenvalue weighted by Gasteiger charge is 2.02. The van der Waals surface area contributed by atoms with Crippen molar-refractivity contribution in [2.24, 2.45) is 5.92 Å². The topological polar surface area (TPSA) is 61.6 Å². The Kier molecular flexibility index (Phi) is 4.67. The number of anilines is 1. The summed E-state index contributed by atoms with van der Waals surface area (Å²) in [5.74, 6) is 1.14. The second kappa shape index (κ2) is 6.67. The van der Waals surface area contributed by atoms with Gasteiger partial charge in [-0.05, 0) is 23.5 Å². The minimum absolute atomic E-state index is 0.212. The van der Waals surface area contributed by atoms with Gasteiger partial charge in [-0.3, -0.25) is 0 Å². The maximum absolute atomic E-state index is 8.48. The number of hydrogen-bond donors (Lipinski definition) is 1. The van der Waals surface area contributed by atoms with E-state index in [2.05, 4.69) is 53.4 Å². The van der Waals surface area contributed by atoms with Crippen LogP contribution in [0.5, 0.6) is 0 Å². The zero-order valence-corrected chi connectivity index (χ0v) is 11.8. The van der Waals surface area contributed by atoms with Crippen LogP contribution in [-0.2, 0) is 6.42 Å². The highest BCUT2D eigenvalue weighted by molar-refractivity contribution is 5.62. The van der Waals surface area contributed by atoms with Gasteiger partial charge in [0.15, 0.2) is 0 Å². The van der Waals surface area contributed by atoms with Gasteiger partial charge in [0.05, 0.1) is 6.07 Å². The molecule has 0 radical (unpaired) electrons. The molecule has 0 bridgehead atoms. The van der Waals surface area contributed by atoms with Crippen molar-refractivity contribution in [3.05, 3.63) is 42.2 Å². The van der Waals surface area contributed by atoms with Gasteiger partial charge in [0.1, 0.15) is 6.54 Å². The average molecular weight is 266 g/mol. The van der Waals surface area contributed by atoms with Crippen LogP contribution in [0.25, 0.3) is 11.1 Å². The van der Waals surface area contributed by atoms with Gasteiger partial charge in [0.25, 0.3) is 0 Å². The van der Waals surface area contributed by atoms with Crippen molar-refractivity contribution in [2.45, 2.75) is 20.3 Å². The Balaban J connectivity index is 2.09. The monoisotopic (exact) mass is 266 g/mol. The van der Waals surface area contributed by atoms with Gasteiger partial charge >= 0.3 is 0 Å². The summed E-state index contributed by atoms with van der Waals surface area (Å²) >= 11 is 0. The fraction of sp³-hybridized carbons (Fsp3) is 0.312. The van der Waals surface area contributed by atoms with E-state index in [0.29, 0.717) is 11.9 Å². The summed E-state index contributed by atoms with van der Waals surface area (Å²) in [6.07, 6.45) is 4.63. The third kappa shape index (κ3) is 3.79. The fourth-order valence-electron chi connectivity index (χ4n) is 1.99. The van der Waals surface area contributed by atoms with Crippen LogP contribution >= 0.6 is 0 Å². The second-order valence-electron chi connectivity index (χ2n) is 5.10. The maximum Gasteiger partial charge on any atom is 0.223 e.